The van der Waals surface area contributed by atoms with Crippen LogP contribution in [0.25, 0.3) is 0 Å². The lowest BCUT2D eigenvalue weighted by Crippen LogP contribution is -2.33. The third-order valence-corrected chi connectivity index (χ3v) is 5.69. The first kappa shape index (κ1) is 19.4. The quantitative estimate of drug-likeness (QED) is 0.807. The number of rotatable bonds is 5. The zero-order valence-corrected chi connectivity index (χ0v) is 16.2. The van der Waals surface area contributed by atoms with Crippen molar-refractivity contribution in [3.05, 3.63) is 29.8 Å². The van der Waals surface area contributed by atoms with Gasteiger partial charge in [-0.25, -0.2) is 0 Å². The van der Waals surface area contributed by atoms with E-state index in [4.69, 9.17) is 0 Å². The number of carbonyl (C=O) groups is 3. The molecule has 0 aromatic heterocycles. The second-order valence-electron chi connectivity index (χ2n) is 6.58. The maximum Gasteiger partial charge on any atom is 0.262 e. The van der Waals surface area contributed by atoms with Gasteiger partial charge in [0.15, 0.2) is 5.17 Å². The summed E-state index contributed by atoms with van der Waals surface area (Å²) < 4.78 is 0. The number of anilines is 1. The number of aliphatic imine (C=N–C) groups is 1. The summed E-state index contributed by atoms with van der Waals surface area (Å²) in [6.07, 6.45) is 3.50. The van der Waals surface area contributed by atoms with Crippen LogP contribution in [-0.2, 0) is 9.59 Å². The summed E-state index contributed by atoms with van der Waals surface area (Å²) in [5.41, 5.74) is 1.02. The highest BCUT2D eigenvalue weighted by atomic mass is 32.2. The molecular formula is C19H24N4O3S. The number of benzene rings is 1. The molecule has 1 fully saturated rings. The Bertz CT molecular complexity index is 759. The molecule has 0 saturated carbocycles. The van der Waals surface area contributed by atoms with Gasteiger partial charge in [-0.3, -0.25) is 14.4 Å². The fraction of sp³-hybridized carbons (Fsp3) is 0.474. The zero-order valence-electron chi connectivity index (χ0n) is 15.4. The first-order valence-electron chi connectivity index (χ1n) is 9.29. The Morgan fingerprint density at radius 3 is 2.78 bits per heavy atom. The second-order valence-corrected chi connectivity index (χ2v) is 7.75. The van der Waals surface area contributed by atoms with Crippen molar-refractivity contribution >= 4 is 40.3 Å². The fourth-order valence-electron chi connectivity index (χ4n) is 3.11. The molecule has 27 heavy (non-hydrogen) atoms. The van der Waals surface area contributed by atoms with Gasteiger partial charge in [-0.15, -0.1) is 0 Å². The average Bonchev–Trinajstić information content (AvgIpc) is 3.03. The summed E-state index contributed by atoms with van der Waals surface area (Å²) in [5.74, 6) is -0.689. The number of piperidine rings is 1. The van der Waals surface area contributed by atoms with Crippen LogP contribution in [0.15, 0.2) is 29.3 Å². The Morgan fingerprint density at radius 1 is 1.26 bits per heavy atom. The molecular weight excluding hydrogens is 364 g/mol. The van der Waals surface area contributed by atoms with Gasteiger partial charge in [0.2, 0.25) is 5.91 Å². The molecule has 2 N–H and O–H groups in total. The highest BCUT2D eigenvalue weighted by molar-refractivity contribution is 8.15. The number of carbonyl (C=O) groups excluding carboxylic acids is 3. The van der Waals surface area contributed by atoms with E-state index < -0.39 is 5.25 Å². The molecule has 0 unspecified atom stereocenters. The summed E-state index contributed by atoms with van der Waals surface area (Å²) in [6, 6.07) is 6.75. The van der Waals surface area contributed by atoms with Gasteiger partial charge in [-0.05, 0) is 44.4 Å². The number of thioether (sulfide) groups is 1. The number of nitrogens with one attached hydrogen (secondary N) is 2. The van der Waals surface area contributed by atoms with Crippen molar-refractivity contribution in [3.8, 4) is 0 Å². The minimum atomic E-state index is -0.478. The minimum Gasteiger partial charge on any atom is -0.352 e. The van der Waals surface area contributed by atoms with E-state index in [1.807, 2.05) is 6.92 Å². The Kier molecular flexibility index (Phi) is 6.49. The number of amides is 3. The first-order valence-corrected chi connectivity index (χ1v) is 10.2. The zero-order chi connectivity index (χ0) is 19.2. The van der Waals surface area contributed by atoms with Crippen LogP contribution in [0.2, 0.25) is 0 Å². The SMILES string of the molecule is CCNC(=O)c1cccc(NC(=O)C[C@H]2SC(N3CCCCC3)=NC2=O)c1. The van der Waals surface area contributed by atoms with Crippen molar-refractivity contribution in [1.82, 2.24) is 10.2 Å². The Labute approximate surface area is 163 Å². The predicted molar refractivity (Wildman–Crippen MR) is 107 cm³/mol. The number of nitrogens with zero attached hydrogens (tertiary/aromatic N) is 2. The van der Waals surface area contributed by atoms with Crippen molar-refractivity contribution in [2.24, 2.45) is 4.99 Å². The van der Waals surface area contributed by atoms with E-state index in [1.165, 1.54) is 18.2 Å². The molecule has 1 atom stereocenters. The van der Waals surface area contributed by atoms with Gasteiger partial charge in [0.05, 0.1) is 0 Å². The van der Waals surface area contributed by atoms with Gasteiger partial charge < -0.3 is 15.5 Å². The fourth-order valence-corrected chi connectivity index (χ4v) is 4.23. The van der Waals surface area contributed by atoms with Crippen LogP contribution in [0.4, 0.5) is 5.69 Å². The first-order chi connectivity index (χ1) is 13.1. The van der Waals surface area contributed by atoms with Crippen LogP contribution in [0.5, 0.6) is 0 Å². The highest BCUT2D eigenvalue weighted by Crippen LogP contribution is 2.29. The van der Waals surface area contributed by atoms with Gasteiger partial charge >= 0.3 is 0 Å². The molecule has 3 amide bonds. The summed E-state index contributed by atoms with van der Waals surface area (Å²) in [6.45, 7) is 4.23. The van der Waals surface area contributed by atoms with Crippen molar-refractivity contribution in [2.45, 2.75) is 37.9 Å². The molecule has 0 radical (unpaired) electrons. The maximum atomic E-state index is 12.4. The normalized spacial score (nSPS) is 19.6. The third-order valence-electron chi connectivity index (χ3n) is 4.47. The van der Waals surface area contributed by atoms with Crippen molar-refractivity contribution in [1.29, 1.82) is 0 Å². The molecule has 8 heteroatoms. The van der Waals surface area contributed by atoms with Crippen molar-refractivity contribution < 1.29 is 14.4 Å². The molecule has 1 aromatic rings. The van der Waals surface area contributed by atoms with E-state index in [-0.39, 0.29) is 24.1 Å². The molecule has 2 heterocycles. The van der Waals surface area contributed by atoms with E-state index in [2.05, 4.69) is 20.5 Å². The summed E-state index contributed by atoms with van der Waals surface area (Å²) >= 11 is 1.38. The highest BCUT2D eigenvalue weighted by Gasteiger charge is 2.33. The standard InChI is InChI=1S/C19H24N4O3S/c1-2-20-17(25)13-7-6-8-14(11-13)21-16(24)12-15-18(26)22-19(27-15)23-9-4-3-5-10-23/h6-8,11,15H,2-5,9-10,12H2,1H3,(H,20,25)(H,21,24)/t15-/m1/s1. The summed E-state index contributed by atoms with van der Waals surface area (Å²) in [7, 11) is 0. The molecule has 2 aliphatic rings. The number of hydrogen-bond acceptors (Lipinski definition) is 5. The maximum absolute atomic E-state index is 12.4. The molecule has 3 rings (SSSR count). The van der Waals surface area contributed by atoms with Crippen LogP contribution in [0.3, 0.4) is 0 Å². The van der Waals surface area contributed by atoms with E-state index >= 15 is 0 Å². The van der Waals surface area contributed by atoms with Gasteiger partial charge in [-0.2, -0.15) is 4.99 Å². The van der Waals surface area contributed by atoms with E-state index in [0.29, 0.717) is 17.8 Å². The predicted octanol–water partition coefficient (Wildman–Crippen LogP) is 2.25. The Morgan fingerprint density at radius 2 is 2.04 bits per heavy atom. The largest absolute Gasteiger partial charge is 0.352 e. The van der Waals surface area contributed by atoms with E-state index in [0.717, 1.165) is 31.1 Å². The molecule has 0 aliphatic carbocycles. The molecule has 1 saturated heterocycles. The number of hydrogen-bond donors (Lipinski definition) is 2. The third kappa shape index (κ3) is 5.09. The molecule has 0 bridgehead atoms. The molecule has 2 aliphatic heterocycles. The lowest BCUT2D eigenvalue weighted by atomic mass is 10.1. The monoisotopic (exact) mass is 388 g/mol. The van der Waals surface area contributed by atoms with Crippen LogP contribution >= 0.6 is 11.8 Å². The van der Waals surface area contributed by atoms with Gasteiger partial charge in [0.1, 0.15) is 5.25 Å². The van der Waals surface area contributed by atoms with Crippen LogP contribution in [-0.4, -0.2) is 52.7 Å². The topological polar surface area (TPSA) is 90.9 Å². The van der Waals surface area contributed by atoms with E-state index in [1.54, 1.807) is 24.3 Å². The second kappa shape index (κ2) is 9.03. The summed E-state index contributed by atoms with van der Waals surface area (Å²) in [4.78, 5) is 42.7. The number of likely N-dealkylation sites (tertiary alicyclic amines) is 1. The molecule has 7 nitrogen and oxygen atoms in total. The van der Waals surface area contributed by atoms with E-state index in [9.17, 15) is 14.4 Å². The number of amidine groups is 1. The average molecular weight is 388 g/mol. The lowest BCUT2D eigenvalue weighted by Gasteiger charge is -2.27. The Balaban J connectivity index is 1.55. The molecule has 1 aromatic carbocycles. The van der Waals surface area contributed by atoms with Crippen LogP contribution < -0.4 is 10.6 Å². The summed E-state index contributed by atoms with van der Waals surface area (Å²) in [5, 5.41) is 5.76. The van der Waals surface area contributed by atoms with Crippen LogP contribution in [0.1, 0.15) is 43.0 Å². The Hall–Kier alpha value is -2.35. The van der Waals surface area contributed by atoms with Gasteiger partial charge in [0.25, 0.3) is 11.8 Å². The van der Waals surface area contributed by atoms with Crippen molar-refractivity contribution in [2.75, 3.05) is 25.0 Å². The van der Waals surface area contributed by atoms with Crippen molar-refractivity contribution in [3.63, 3.8) is 0 Å². The van der Waals surface area contributed by atoms with Gasteiger partial charge in [0, 0.05) is 37.3 Å². The smallest absolute Gasteiger partial charge is 0.262 e. The molecule has 0 spiro atoms. The van der Waals surface area contributed by atoms with Crippen LogP contribution in [0, 0.1) is 0 Å². The lowest BCUT2D eigenvalue weighted by molar-refractivity contribution is -0.121. The minimum absolute atomic E-state index is 0.0652. The molecule has 144 valence electrons. The van der Waals surface area contributed by atoms with Gasteiger partial charge in [-0.1, -0.05) is 17.8 Å².